The summed E-state index contributed by atoms with van der Waals surface area (Å²) in [4.78, 5) is 10.5. The normalized spacial score (nSPS) is 10.6. The quantitative estimate of drug-likeness (QED) is 0.657. The molecule has 0 unspecified atom stereocenters. The summed E-state index contributed by atoms with van der Waals surface area (Å²) in [6.45, 7) is 1.99. The lowest BCUT2D eigenvalue weighted by Gasteiger charge is -1.91. The lowest BCUT2D eigenvalue weighted by Crippen LogP contribution is -1.76. The van der Waals surface area contributed by atoms with Gasteiger partial charge in [0.1, 0.15) is 6.29 Å². The van der Waals surface area contributed by atoms with Gasteiger partial charge in [-0.15, -0.1) is 11.3 Å². The number of benzene rings is 1. The van der Waals surface area contributed by atoms with Crippen LogP contribution in [-0.4, -0.2) is 6.29 Å². The molecule has 0 amide bonds. The minimum absolute atomic E-state index is 0.699. The first-order chi connectivity index (χ1) is 6.22. The molecule has 0 aliphatic rings. The van der Waals surface area contributed by atoms with Gasteiger partial charge >= 0.3 is 0 Å². The fourth-order valence-corrected chi connectivity index (χ4v) is 2.62. The summed E-state index contributed by atoms with van der Waals surface area (Å²) in [5.74, 6) is 0. The van der Waals surface area contributed by atoms with Gasteiger partial charge in [-0.25, -0.2) is 0 Å². The van der Waals surface area contributed by atoms with Gasteiger partial charge in [0, 0.05) is 10.3 Å². The fraction of sp³-hybridized carbons (Fsp3) is 0.100. The number of thiophene rings is 1. The standard InChI is InChI=1S/C10H7ClOS/c1-6-8-3-2-7(5-12)4-9(8)13-10(6)11/h2-5H,1H3. The van der Waals surface area contributed by atoms with Crippen molar-refractivity contribution < 1.29 is 4.79 Å². The van der Waals surface area contributed by atoms with E-state index < -0.39 is 0 Å². The number of rotatable bonds is 1. The smallest absolute Gasteiger partial charge is 0.150 e. The number of carbonyl (C=O) groups is 1. The maximum atomic E-state index is 10.5. The van der Waals surface area contributed by atoms with E-state index in [2.05, 4.69) is 0 Å². The second-order valence-electron chi connectivity index (χ2n) is 2.87. The van der Waals surface area contributed by atoms with Crippen LogP contribution in [0, 0.1) is 6.92 Å². The minimum atomic E-state index is 0.699. The molecule has 2 rings (SSSR count). The molecule has 0 spiro atoms. The van der Waals surface area contributed by atoms with Crippen LogP contribution in [0.25, 0.3) is 10.1 Å². The number of hydrogen-bond donors (Lipinski definition) is 0. The summed E-state index contributed by atoms with van der Waals surface area (Å²) >= 11 is 7.49. The predicted molar refractivity (Wildman–Crippen MR) is 57.0 cm³/mol. The van der Waals surface area contributed by atoms with Crippen LogP contribution >= 0.6 is 22.9 Å². The largest absolute Gasteiger partial charge is 0.298 e. The Hall–Kier alpha value is -0.860. The number of halogens is 1. The highest BCUT2D eigenvalue weighted by Crippen LogP contribution is 2.34. The maximum absolute atomic E-state index is 10.5. The molecule has 0 saturated carbocycles. The van der Waals surface area contributed by atoms with E-state index in [0.717, 1.165) is 26.3 Å². The van der Waals surface area contributed by atoms with Crippen molar-refractivity contribution in [2.75, 3.05) is 0 Å². The molecule has 3 heteroatoms. The van der Waals surface area contributed by atoms with Crippen molar-refractivity contribution >= 4 is 39.3 Å². The third-order valence-electron chi connectivity index (χ3n) is 2.04. The van der Waals surface area contributed by atoms with Crippen LogP contribution in [0.1, 0.15) is 15.9 Å². The Morgan fingerprint density at radius 3 is 2.92 bits per heavy atom. The maximum Gasteiger partial charge on any atom is 0.150 e. The van der Waals surface area contributed by atoms with Gasteiger partial charge in [0.15, 0.2) is 0 Å². The molecule has 1 aromatic carbocycles. The molecule has 0 radical (unpaired) electrons. The molecular formula is C10H7ClOS. The molecule has 0 fully saturated rings. The van der Waals surface area contributed by atoms with Gasteiger partial charge < -0.3 is 0 Å². The average Bonchev–Trinajstić information content (AvgIpc) is 2.42. The van der Waals surface area contributed by atoms with Crippen LogP contribution in [0.2, 0.25) is 4.34 Å². The van der Waals surface area contributed by atoms with Gasteiger partial charge in [-0.1, -0.05) is 23.7 Å². The van der Waals surface area contributed by atoms with Crippen molar-refractivity contribution in [3.8, 4) is 0 Å². The molecule has 0 bridgehead atoms. The monoisotopic (exact) mass is 210 g/mol. The second-order valence-corrected chi connectivity index (χ2v) is 4.53. The van der Waals surface area contributed by atoms with E-state index in [9.17, 15) is 4.79 Å². The van der Waals surface area contributed by atoms with E-state index in [-0.39, 0.29) is 0 Å². The van der Waals surface area contributed by atoms with E-state index in [4.69, 9.17) is 11.6 Å². The van der Waals surface area contributed by atoms with Gasteiger partial charge in [0.05, 0.1) is 4.34 Å². The van der Waals surface area contributed by atoms with Crippen LogP contribution in [0.15, 0.2) is 18.2 Å². The summed E-state index contributed by atoms with van der Waals surface area (Å²) < 4.78 is 1.88. The SMILES string of the molecule is Cc1c(Cl)sc2cc(C=O)ccc12. The third kappa shape index (κ3) is 1.36. The first-order valence-corrected chi connectivity index (χ1v) is 5.05. The summed E-state index contributed by atoms with van der Waals surface area (Å²) in [6.07, 6.45) is 0.850. The Labute approximate surface area is 84.9 Å². The van der Waals surface area contributed by atoms with Crippen molar-refractivity contribution in [3.63, 3.8) is 0 Å². The average molecular weight is 211 g/mol. The van der Waals surface area contributed by atoms with Gasteiger partial charge in [-0.05, 0) is 23.9 Å². The molecule has 66 valence electrons. The van der Waals surface area contributed by atoms with Crippen molar-refractivity contribution in [2.45, 2.75) is 6.92 Å². The van der Waals surface area contributed by atoms with Crippen LogP contribution in [-0.2, 0) is 0 Å². The number of hydrogen-bond acceptors (Lipinski definition) is 2. The molecule has 1 aromatic heterocycles. The molecule has 0 aliphatic heterocycles. The van der Waals surface area contributed by atoms with Crippen LogP contribution in [0.5, 0.6) is 0 Å². The van der Waals surface area contributed by atoms with E-state index in [1.807, 2.05) is 25.1 Å². The molecular weight excluding hydrogens is 204 g/mol. The number of carbonyl (C=O) groups excluding carboxylic acids is 1. The van der Waals surface area contributed by atoms with Crippen molar-refractivity contribution in [2.24, 2.45) is 0 Å². The first kappa shape index (κ1) is 8.73. The Morgan fingerprint density at radius 1 is 1.46 bits per heavy atom. The molecule has 1 nitrogen and oxygen atoms in total. The summed E-state index contributed by atoms with van der Waals surface area (Å²) in [5, 5.41) is 1.14. The Balaban J connectivity index is 2.79. The second kappa shape index (κ2) is 3.13. The molecule has 0 N–H and O–H groups in total. The highest BCUT2D eigenvalue weighted by Gasteiger charge is 2.05. The van der Waals surface area contributed by atoms with Crippen molar-refractivity contribution in [1.29, 1.82) is 0 Å². The molecule has 0 saturated heterocycles. The molecule has 0 atom stereocenters. The first-order valence-electron chi connectivity index (χ1n) is 3.86. The van der Waals surface area contributed by atoms with Crippen LogP contribution in [0.4, 0.5) is 0 Å². The van der Waals surface area contributed by atoms with Crippen LogP contribution < -0.4 is 0 Å². The Morgan fingerprint density at radius 2 is 2.23 bits per heavy atom. The van der Waals surface area contributed by atoms with E-state index >= 15 is 0 Å². The number of aldehydes is 1. The lowest BCUT2D eigenvalue weighted by molar-refractivity contribution is 0.112. The van der Waals surface area contributed by atoms with Gasteiger partial charge in [-0.2, -0.15) is 0 Å². The predicted octanol–water partition coefficient (Wildman–Crippen LogP) is 3.68. The zero-order valence-electron chi connectivity index (χ0n) is 7.00. The Bertz CT molecular complexity index is 473. The van der Waals surface area contributed by atoms with E-state index in [1.165, 1.54) is 11.3 Å². The van der Waals surface area contributed by atoms with Crippen molar-refractivity contribution in [3.05, 3.63) is 33.7 Å². The topological polar surface area (TPSA) is 17.1 Å². The number of fused-ring (bicyclic) bond motifs is 1. The summed E-state index contributed by atoms with van der Waals surface area (Å²) in [6, 6.07) is 5.62. The van der Waals surface area contributed by atoms with E-state index in [1.54, 1.807) is 0 Å². The third-order valence-corrected chi connectivity index (χ3v) is 3.60. The highest BCUT2D eigenvalue weighted by atomic mass is 35.5. The van der Waals surface area contributed by atoms with Gasteiger partial charge in [-0.3, -0.25) is 4.79 Å². The zero-order chi connectivity index (χ0) is 9.42. The number of aryl methyl sites for hydroxylation is 1. The van der Waals surface area contributed by atoms with E-state index in [0.29, 0.717) is 5.56 Å². The fourth-order valence-electron chi connectivity index (χ4n) is 1.29. The molecule has 1 heterocycles. The minimum Gasteiger partial charge on any atom is -0.298 e. The van der Waals surface area contributed by atoms with Crippen molar-refractivity contribution in [1.82, 2.24) is 0 Å². The van der Waals surface area contributed by atoms with Crippen LogP contribution in [0.3, 0.4) is 0 Å². The Kier molecular flexibility index (Phi) is 2.10. The van der Waals surface area contributed by atoms with Gasteiger partial charge in [0.2, 0.25) is 0 Å². The zero-order valence-corrected chi connectivity index (χ0v) is 8.58. The summed E-state index contributed by atoms with van der Waals surface area (Å²) in [5.41, 5.74) is 1.80. The lowest BCUT2D eigenvalue weighted by atomic mass is 10.1. The summed E-state index contributed by atoms with van der Waals surface area (Å²) in [7, 11) is 0. The molecule has 13 heavy (non-hydrogen) atoms. The van der Waals surface area contributed by atoms with Gasteiger partial charge in [0.25, 0.3) is 0 Å². The molecule has 2 aromatic rings. The highest BCUT2D eigenvalue weighted by molar-refractivity contribution is 7.22. The molecule has 0 aliphatic carbocycles.